The van der Waals surface area contributed by atoms with Crippen LogP contribution < -0.4 is 0 Å². The molecule has 0 atom stereocenters. The molecule has 4 aromatic rings. The van der Waals surface area contributed by atoms with Gasteiger partial charge in [0, 0.05) is 30.2 Å². The molecule has 2 aromatic heterocycles. The first-order valence-electron chi connectivity index (χ1n) is 9.10. The van der Waals surface area contributed by atoms with Crippen LogP contribution in [0.5, 0.6) is 0 Å². The third-order valence-corrected chi connectivity index (χ3v) is 4.86. The average molecular weight is 388 g/mol. The molecule has 0 saturated heterocycles. The van der Waals surface area contributed by atoms with Crippen molar-refractivity contribution in [2.24, 2.45) is 0 Å². The first kappa shape index (κ1) is 18.3. The Hall–Kier alpha value is -3.09. The maximum Gasteiger partial charge on any atom is 0.204 e. The molecule has 0 unspecified atom stereocenters. The average Bonchev–Trinajstić information content (AvgIpc) is 3.06. The lowest BCUT2D eigenvalue weighted by atomic mass is 10.2. The van der Waals surface area contributed by atoms with Crippen molar-refractivity contribution in [3.8, 4) is 17.1 Å². The van der Waals surface area contributed by atoms with E-state index in [1.165, 1.54) is 5.56 Å². The number of hydrogen-bond donors (Lipinski definition) is 0. The molecule has 2 aromatic carbocycles. The Labute approximate surface area is 169 Å². The first-order chi connectivity index (χ1) is 13.7. The molecule has 0 radical (unpaired) electrons. The van der Waals surface area contributed by atoms with E-state index in [4.69, 9.17) is 17.3 Å². The zero-order valence-corrected chi connectivity index (χ0v) is 16.5. The molecule has 0 aliphatic carbocycles. The second-order valence-corrected chi connectivity index (χ2v) is 7.02. The van der Waals surface area contributed by atoms with Crippen LogP contribution in [0.2, 0.25) is 0 Å². The highest BCUT2D eigenvalue weighted by Crippen LogP contribution is 2.22. The molecular weight excluding hydrogens is 366 g/mol. The zero-order chi connectivity index (χ0) is 19.3. The van der Waals surface area contributed by atoms with Gasteiger partial charge in [-0.3, -0.25) is 14.5 Å². The Kier molecular flexibility index (Phi) is 5.41. The third-order valence-electron chi connectivity index (χ3n) is 4.46. The lowest BCUT2D eigenvalue weighted by Crippen LogP contribution is -2.22. The molecule has 6 heteroatoms. The van der Waals surface area contributed by atoms with Crippen molar-refractivity contribution in [3.63, 3.8) is 0 Å². The Balaban J connectivity index is 1.71. The highest BCUT2D eigenvalue weighted by Gasteiger charge is 2.15. The molecule has 140 valence electrons. The van der Waals surface area contributed by atoms with Gasteiger partial charge in [0.25, 0.3) is 0 Å². The van der Waals surface area contributed by atoms with Crippen LogP contribution in [0, 0.1) is 4.77 Å². The first-order valence-corrected chi connectivity index (χ1v) is 9.51. The van der Waals surface area contributed by atoms with Gasteiger partial charge in [-0.15, -0.1) is 5.10 Å². The number of benzene rings is 2. The van der Waals surface area contributed by atoms with Crippen LogP contribution in [0.3, 0.4) is 0 Å². The fraction of sp³-hybridized carbons (Fsp3) is 0.136. The van der Waals surface area contributed by atoms with Crippen LogP contribution in [-0.4, -0.2) is 31.3 Å². The summed E-state index contributed by atoms with van der Waals surface area (Å²) in [4.78, 5) is 6.32. The minimum absolute atomic E-state index is 0.603. The number of nitrogens with zero attached hydrogens (tertiary/aromatic N) is 5. The predicted molar refractivity (Wildman–Crippen MR) is 114 cm³/mol. The molecule has 5 nitrogen and oxygen atoms in total. The van der Waals surface area contributed by atoms with Gasteiger partial charge in [0.05, 0.1) is 6.67 Å². The lowest BCUT2D eigenvalue weighted by molar-refractivity contribution is 0.244. The number of aromatic nitrogens is 4. The van der Waals surface area contributed by atoms with Crippen LogP contribution in [0.1, 0.15) is 5.56 Å². The van der Waals surface area contributed by atoms with Crippen LogP contribution in [0.4, 0.5) is 0 Å². The second-order valence-electron chi connectivity index (χ2n) is 6.65. The lowest BCUT2D eigenvalue weighted by Gasteiger charge is -2.16. The molecule has 4 rings (SSSR count). The van der Waals surface area contributed by atoms with E-state index in [9.17, 15) is 0 Å². The van der Waals surface area contributed by atoms with E-state index in [0.717, 1.165) is 23.6 Å². The largest absolute Gasteiger partial charge is 0.283 e. The quantitative estimate of drug-likeness (QED) is 0.455. The molecule has 0 aliphatic rings. The van der Waals surface area contributed by atoms with Crippen LogP contribution >= 0.6 is 12.2 Å². The van der Waals surface area contributed by atoms with E-state index in [1.807, 2.05) is 57.8 Å². The van der Waals surface area contributed by atoms with Gasteiger partial charge in [-0.25, -0.2) is 4.68 Å². The maximum absolute atomic E-state index is 5.80. The topological polar surface area (TPSA) is 38.9 Å². The summed E-state index contributed by atoms with van der Waals surface area (Å²) < 4.78 is 4.56. The Bertz CT molecular complexity index is 1090. The van der Waals surface area contributed by atoms with Crippen LogP contribution in [-0.2, 0) is 13.2 Å². The number of para-hydroxylation sites is 1. The second kappa shape index (κ2) is 8.29. The Morgan fingerprint density at radius 1 is 0.893 bits per heavy atom. The fourth-order valence-corrected chi connectivity index (χ4v) is 3.46. The fourth-order valence-electron chi connectivity index (χ4n) is 3.17. The van der Waals surface area contributed by atoms with Crippen molar-refractivity contribution < 1.29 is 0 Å². The Morgan fingerprint density at radius 2 is 1.54 bits per heavy atom. The van der Waals surface area contributed by atoms with Gasteiger partial charge in [0.2, 0.25) is 4.77 Å². The standard InChI is InChI=1S/C22H21N5S/c1-25(16-18-8-4-2-5-9-18)17-26-22(28)27(20-10-6-3-7-11-20)21(24-26)19-12-14-23-15-13-19/h2-15H,16-17H2,1H3. The number of rotatable bonds is 6. The van der Waals surface area contributed by atoms with Crippen molar-refractivity contribution in [1.82, 2.24) is 24.2 Å². The minimum Gasteiger partial charge on any atom is -0.283 e. The molecule has 28 heavy (non-hydrogen) atoms. The summed E-state index contributed by atoms with van der Waals surface area (Å²) in [6.45, 7) is 1.43. The minimum atomic E-state index is 0.603. The highest BCUT2D eigenvalue weighted by molar-refractivity contribution is 7.71. The summed E-state index contributed by atoms with van der Waals surface area (Å²) in [6.07, 6.45) is 3.54. The highest BCUT2D eigenvalue weighted by atomic mass is 32.1. The monoisotopic (exact) mass is 387 g/mol. The molecule has 0 spiro atoms. The Morgan fingerprint density at radius 3 is 2.21 bits per heavy atom. The SMILES string of the molecule is CN(Cc1ccccc1)Cn1nc(-c2ccncc2)n(-c2ccccc2)c1=S. The molecule has 0 aliphatic heterocycles. The van der Waals surface area contributed by atoms with E-state index in [0.29, 0.717) is 11.4 Å². The third kappa shape index (κ3) is 3.93. The smallest absolute Gasteiger partial charge is 0.204 e. The van der Waals surface area contributed by atoms with E-state index >= 15 is 0 Å². The van der Waals surface area contributed by atoms with E-state index in [1.54, 1.807) is 12.4 Å². The van der Waals surface area contributed by atoms with Crippen molar-refractivity contribution in [2.45, 2.75) is 13.2 Å². The van der Waals surface area contributed by atoms with Crippen molar-refractivity contribution in [2.75, 3.05) is 7.05 Å². The van der Waals surface area contributed by atoms with Crippen molar-refractivity contribution in [3.05, 3.63) is 95.5 Å². The van der Waals surface area contributed by atoms with Crippen LogP contribution in [0.15, 0.2) is 85.2 Å². The summed E-state index contributed by atoms with van der Waals surface area (Å²) in [6, 6.07) is 24.4. The van der Waals surface area contributed by atoms with Gasteiger partial charge in [0.15, 0.2) is 5.82 Å². The van der Waals surface area contributed by atoms with Gasteiger partial charge >= 0.3 is 0 Å². The molecule has 0 N–H and O–H groups in total. The maximum atomic E-state index is 5.80. The van der Waals surface area contributed by atoms with Crippen LogP contribution in [0.25, 0.3) is 17.1 Å². The predicted octanol–water partition coefficient (Wildman–Crippen LogP) is 4.55. The summed E-state index contributed by atoms with van der Waals surface area (Å²) in [5, 5.41) is 4.84. The molecule has 0 bridgehead atoms. The molecule has 0 fully saturated rings. The molecule has 0 amide bonds. The summed E-state index contributed by atoms with van der Waals surface area (Å²) >= 11 is 5.80. The van der Waals surface area contributed by atoms with Crippen molar-refractivity contribution in [1.29, 1.82) is 0 Å². The van der Waals surface area contributed by atoms with Gasteiger partial charge in [-0.05, 0) is 49.1 Å². The van der Waals surface area contributed by atoms with E-state index in [2.05, 4.69) is 41.2 Å². The summed E-state index contributed by atoms with van der Waals surface area (Å²) in [5.41, 5.74) is 3.24. The van der Waals surface area contributed by atoms with Gasteiger partial charge in [0.1, 0.15) is 0 Å². The normalized spacial score (nSPS) is 11.1. The van der Waals surface area contributed by atoms with E-state index < -0.39 is 0 Å². The summed E-state index contributed by atoms with van der Waals surface area (Å²) in [5.74, 6) is 0.812. The molecular formula is C22H21N5S. The van der Waals surface area contributed by atoms with Gasteiger partial charge < -0.3 is 0 Å². The molecule has 2 heterocycles. The number of pyridine rings is 1. The van der Waals surface area contributed by atoms with Gasteiger partial charge in [-0.2, -0.15) is 0 Å². The summed E-state index contributed by atoms with van der Waals surface area (Å²) in [7, 11) is 2.07. The zero-order valence-electron chi connectivity index (χ0n) is 15.6. The number of hydrogen-bond acceptors (Lipinski definition) is 4. The van der Waals surface area contributed by atoms with E-state index in [-0.39, 0.29) is 0 Å². The van der Waals surface area contributed by atoms with Gasteiger partial charge in [-0.1, -0.05) is 48.5 Å². The van der Waals surface area contributed by atoms with Crippen molar-refractivity contribution >= 4 is 12.2 Å². The molecule has 0 saturated carbocycles.